The summed E-state index contributed by atoms with van der Waals surface area (Å²) in [4.78, 5) is 63.5. The molecule has 0 aliphatic heterocycles. The number of carbonyl (C=O) groups excluding carboxylic acids is 5. The molecule has 4 aliphatic rings. The highest BCUT2D eigenvalue weighted by atomic mass is 32.2. The number of hydrogen-bond donors (Lipinski definition) is 1. The lowest BCUT2D eigenvalue weighted by molar-refractivity contribution is -0.166. The Morgan fingerprint density at radius 1 is 1.02 bits per heavy atom. The first-order chi connectivity index (χ1) is 19.9. The zero-order valence-corrected chi connectivity index (χ0v) is 25.8. The van der Waals surface area contributed by atoms with E-state index in [0.717, 1.165) is 19.3 Å². The van der Waals surface area contributed by atoms with Crippen molar-refractivity contribution in [2.24, 2.45) is 46.3 Å². The third-order valence-corrected chi connectivity index (χ3v) is 12.1. The van der Waals surface area contributed by atoms with Crippen molar-refractivity contribution in [3.63, 3.8) is 0 Å². The zero-order valence-electron chi connectivity index (χ0n) is 24.9. The number of carbonyl (C=O) groups is 5. The normalized spacial score (nSPS) is 35.0. The molecule has 8 atom stereocenters. The van der Waals surface area contributed by atoms with Gasteiger partial charge in [-0.3, -0.25) is 28.5 Å². The van der Waals surface area contributed by atoms with Gasteiger partial charge in [-0.1, -0.05) is 20.8 Å². The molecule has 4 aliphatic carbocycles. The molecule has 0 unspecified atom stereocenters. The Morgan fingerprint density at radius 2 is 1.70 bits per heavy atom. The van der Waals surface area contributed by atoms with Gasteiger partial charge in [0.25, 0.3) is 0 Å². The summed E-state index contributed by atoms with van der Waals surface area (Å²) < 4.78 is 65.1. The summed E-state index contributed by atoms with van der Waals surface area (Å²) in [6.07, 6.45) is 4.12. The van der Waals surface area contributed by atoms with Gasteiger partial charge >= 0.3 is 27.3 Å². The monoisotopic (exact) mass is 632 g/mol. The number of esters is 2. The minimum atomic E-state index is -5.71. The number of Topliss-reactive ketones (excluding diaryl/α,β-unsaturated/α-hetero) is 3. The van der Waals surface area contributed by atoms with E-state index in [1.807, 2.05) is 13.8 Å². The van der Waals surface area contributed by atoms with Crippen molar-refractivity contribution in [1.29, 1.82) is 0 Å². The van der Waals surface area contributed by atoms with E-state index in [1.54, 1.807) is 0 Å². The highest BCUT2D eigenvalue weighted by Gasteiger charge is 2.66. The second-order valence-electron chi connectivity index (χ2n) is 13.6. The Morgan fingerprint density at radius 3 is 2.37 bits per heavy atom. The largest absolute Gasteiger partial charge is 0.466 e. The summed E-state index contributed by atoms with van der Waals surface area (Å²) in [6.45, 7) is 4.20. The van der Waals surface area contributed by atoms with Crippen LogP contribution in [0, 0.1) is 46.3 Å². The van der Waals surface area contributed by atoms with Gasteiger partial charge in [-0.15, -0.1) is 0 Å². The molecule has 0 saturated heterocycles. The summed E-state index contributed by atoms with van der Waals surface area (Å²) in [7, 11) is -5.71. The fraction of sp³-hybridized carbons (Fsp3) is 0.833. The molecule has 0 radical (unpaired) electrons. The summed E-state index contributed by atoms with van der Waals surface area (Å²) >= 11 is 0. The van der Waals surface area contributed by atoms with Gasteiger partial charge in [0.05, 0.1) is 6.61 Å². The van der Waals surface area contributed by atoms with Gasteiger partial charge in [0, 0.05) is 49.9 Å². The number of fused-ring (bicyclic) bond motifs is 5. The van der Waals surface area contributed by atoms with Crippen molar-refractivity contribution in [2.45, 2.75) is 96.7 Å². The molecule has 4 rings (SSSR count). The lowest BCUT2D eigenvalue weighted by Crippen LogP contribution is -2.60. The summed E-state index contributed by atoms with van der Waals surface area (Å²) in [5.74, 6) is -1.27. The van der Waals surface area contributed by atoms with Crippen LogP contribution in [0.5, 0.6) is 0 Å². The Balaban J connectivity index is 1.26. The van der Waals surface area contributed by atoms with E-state index in [9.17, 15) is 41.2 Å². The van der Waals surface area contributed by atoms with E-state index in [-0.39, 0.29) is 77.7 Å². The molecule has 4 saturated carbocycles. The maximum atomic E-state index is 13.9. The van der Waals surface area contributed by atoms with Gasteiger partial charge in [0.1, 0.15) is 17.3 Å². The van der Waals surface area contributed by atoms with E-state index < -0.39 is 45.8 Å². The predicted octanol–water partition coefficient (Wildman–Crippen LogP) is 4.34. The average molecular weight is 633 g/mol. The third-order valence-electron chi connectivity index (χ3n) is 11.3. The molecule has 0 amide bonds. The number of ether oxygens (including phenoxy) is 2. The molecule has 0 aromatic rings. The minimum Gasteiger partial charge on any atom is -0.466 e. The Hall–Kier alpha value is -2.28. The summed E-state index contributed by atoms with van der Waals surface area (Å²) in [5, 5.41) is -4.61. The molecule has 0 heterocycles. The van der Waals surface area contributed by atoms with Crippen LogP contribution >= 0.6 is 0 Å². The standard InChI is InChI=1S/C30H42F2O10S/c1-17(6-9-26(37)41-12-4-5-25(36)42-16-30(31,32)43(38,39)40)20-7-8-21-27-22(15-24(35)29(20,21)3)28(2)11-10-19(33)13-18(28)14-23(27)34/h17-18,20-22,27H,4-16H2,1-3H3,(H,38,39,40)/t17-,18+,20-,21+,22+,27+,28+,29-/m1/s1. The second-order valence-corrected chi connectivity index (χ2v) is 15.1. The zero-order chi connectivity index (χ0) is 32.0. The first kappa shape index (κ1) is 33.6. The lowest BCUT2D eigenvalue weighted by atomic mass is 9.44. The van der Waals surface area contributed by atoms with Gasteiger partial charge in [-0.05, 0) is 67.1 Å². The van der Waals surface area contributed by atoms with Crippen molar-refractivity contribution in [1.82, 2.24) is 0 Å². The molecule has 1 N–H and O–H groups in total. The highest BCUT2D eigenvalue weighted by Crippen LogP contribution is 2.66. The van der Waals surface area contributed by atoms with Crippen molar-refractivity contribution in [3.05, 3.63) is 0 Å². The van der Waals surface area contributed by atoms with Crippen LogP contribution in [0.25, 0.3) is 0 Å². The van der Waals surface area contributed by atoms with Gasteiger partial charge in [-0.2, -0.15) is 17.2 Å². The predicted molar refractivity (Wildman–Crippen MR) is 147 cm³/mol. The minimum absolute atomic E-state index is 0.0110. The molecule has 0 aromatic carbocycles. The van der Waals surface area contributed by atoms with Crippen LogP contribution in [-0.4, -0.2) is 60.7 Å². The van der Waals surface area contributed by atoms with Crippen LogP contribution in [-0.2, 0) is 43.6 Å². The van der Waals surface area contributed by atoms with Crippen molar-refractivity contribution in [2.75, 3.05) is 13.2 Å². The quantitative estimate of drug-likeness (QED) is 0.197. The van der Waals surface area contributed by atoms with Crippen LogP contribution in [0.4, 0.5) is 8.78 Å². The first-order valence-corrected chi connectivity index (χ1v) is 16.6. The van der Waals surface area contributed by atoms with Crippen molar-refractivity contribution >= 4 is 39.4 Å². The molecule has 0 aromatic heterocycles. The van der Waals surface area contributed by atoms with Crippen LogP contribution < -0.4 is 0 Å². The maximum absolute atomic E-state index is 13.9. The van der Waals surface area contributed by atoms with Crippen molar-refractivity contribution < 1.29 is 55.2 Å². The van der Waals surface area contributed by atoms with E-state index >= 15 is 0 Å². The highest BCUT2D eigenvalue weighted by molar-refractivity contribution is 7.86. The van der Waals surface area contributed by atoms with E-state index in [2.05, 4.69) is 11.7 Å². The smallest absolute Gasteiger partial charge is 0.402 e. The van der Waals surface area contributed by atoms with E-state index in [1.165, 1.54) is 0 Å². The second kappa shape index (κ2) is 12.3. The molecule has 10 nitrogen and oxygen atoms in total. The first-order valence-electron chi connectivity index (χ1n) is 15.2. The summed E-state index contributed by atoms with van der Waals surface area (Å²) in [6, 6.07) is 0. The number of hydrogen-bond acceptors (Lipinski definition) is 9. The summed E-state index contributed by atoms with van der Waals surface area (Å²) in [5.41, 5.74) is -0.834. The Labute approximate surface area is 250 Å². The maximum Gasteiger partial charge on any atom is 0.402 e. The molecular formula is C30H42F2O10S. The van der Waals surface area contributed by atoms with Crippen LogP contribution in [0.1, 0.15) is 91.4 Å². The number of alkyl halides is 2. The Bertz CT molecular complexity index is 1270. The van der Waals surface area contributed by atoms with Gasteiger partial charge in [-0.25, -0.2) is 0 Å². The van der Waals surface area contributed by atoms with E-state index in [0.29, 0.717) is 32.1 Å². The Kier molecular flexibility index (Phi) is 9.58. The number of rotatable bonds is 11. The van der Waals surface area contributed by atoms with E-state index in [4.69, 9.17) is 9.29 Å². The molecular weight excluding hydrogens is 590 g/mol. The fourth-order valence-electron chi connectivity index (χ4n) is 8.72. The number of ketones is 3. The van der Waals surface area contributed by atoms with Crippen molar-refractivity contribution in [3.8, 4) is 0 Å². The molecule has 242 valence electrons. The molecule has 0 spiro atoms. The van der Waals surface area contributed by atoms with Crippen LogP contribution in [0.2, 0.25) is 0 Å². The van der Waals surface area contributed by atoms with Crippen LogP contribution in [0.15, 0.2) is 0 Å². The molecule has 43 heavy (non-hydrogen) atoms. The third kappa shape index (κ3) is 6.43. The average Bonchev–Trinajstić information content (AvgIpc) is 3.28. The fourth-order valence-corrected chi connectivity index (χ4v) is 8.93. The number of halogens is 2. The topological polar surface area (TPSA) is 158 Å². The SMILES string of the molecule is C[C@H](CCC(=O)OCCCC(=O)OCC(F)(F)S(=O)(=O)O)[C@H]1CC[C@H]2[C@@H]3C(=O)C[C@@H]4CC(=O)CC[C@]4(C)[C@H]3CC(=O)[C@]12C. The molecule has 13 heteroatoms. The van der Waals surface area contributed by atoms with Gasteiger partial charge < -0.3 is 9.47 Å². The molecule has 4 fully saturated rings. The van der Waals surface area contributed by atoms with Crippen LogP contribution in [0.3, 0.4) is 0 Å². The molecule has 0 bridgehead atoms. The lowest BCUT2D eigenvalue weighted by Gasteiger charge is -2.58. The van der Waals surface area contributed by atoms with Gasteiger partial charge in [0.15, 0.2) is 6.61 Å². The van der Waals surface area contributed by atoms with Gasteiger partial charge in [0.2, 0.25) is 0 Å².